The first-order valence-corrected chi connectivity index (χ1v) is 2.90. The maximum absolute atomic E-state index is 5.34. The average molecular weight is 141 g/mol. The molecular formula is C5H7N3S. The minimum atomic E-state index is 0.470. The third-order valence-corrected chi connectivity index (χ3v) is 1.37. The van der Waals surface area contributed by atoms with Crippen LogP contribution in [0.5, 0.6) is 0 Å². The Morgan fingerprint density at radius 1 is 1.78 bits per heavy atom. The summed E-state index contributed by atoms with van der Waals surface area (Å²) in [7, 11) is 1.83. The zero-order chi connectivity index (χ0) is 6.85. The van der Waals surface area contributed by atoms with E-state index in [0.717, 1.165) is 0 Å². The zero-order valence-corrected chi connectivity index (χ0v) is 5.85. The first kappa shape index (κ1) is 6.22. The molecule has 0 aliphatic carbocycles. The van der Waals surface area contributed by atoms with Gasteiger partial charge in [0.2, 0.25) is 4.77 Å². The summed E-state index contributed by atoms with van der Waals surface area (Å²) < 4.78 is 2.24. The van der Waals surface area contributed by atoms with Crippen LogP contribution in [0.4, 0.5) is 5.82 Å². The molecule has 1 heterocycles. The van der Waals surface area contributed by atoms with Crippen molar-refractivity contribution in [3.63, 3.8) is 0 Å². The molecule has 1 aromatic heterocycles. The van der Waals surface area contributed by atoms with Crippen LogP contribution < -0.4 is 5.73 Å². The third kappa shape index (κ3) is 1.26. The van der Waals surface area contributed by atoms with Crippen LogP contribution in [0.2, 0.25) is 0 Å². The highest BCUT2D eigenvalue weighted by molar-refractivity contribution is 7.71. The molecule has 0 fully saturated rings. The van der Waals surface area contributed by atoms with Gasteiger partial charge in [-0.15, -0.1) is 0 Å². The summed E-state index contributed by atoms with van der Waals surface area (Å²) in [6.07, 6.45) is 1.78. The van der Waals surface area contributed by atoms with Crippen molar-refractivity contribution in [2.24, 2.45) is 7.05 Å². The van der Waals surface area contributed by atoms with Gasteiger partial charge in [-0.25, -0.2) is 4.98 Å². The molecule has 48 valence electrons. The molecule has 1 rings (SSSR count). The molecule has 0 unspecified atom stereocenters. The molecular weight excluding hydrogens is 134 g/mol. The normalized spacial score (nSPS) is 9.44. The Labute approximate surface area is 58.1 Å². The second kappa shape index (κ2) is 2.14. The number of rotatable bonds is 0. The van der Waals surface area contributed by atoms with Gasteiger partial charge in [-0.1, -0.05) is 0 Å². The lowest BCUT2D eigenvalue weighted by Crippen LogP contribution is -1.97. The van der Waals surface area contributed by atoms with E-state index in [4.69, 9.17) is 18.0 Å². The fraction of sp³-hybridized carbons (Fsp3) is 0.200. The Morgan fingerprint density at radius 3 is 2.89 bits per heavy atom. The number of hydrogen-bond acceptors (Lipinski definition) is 3. The van der Waals surface area contributed by atoms with Gasteiger partial charge in [-0.05, 0) is 18.3 Å². The second-order valence-electron chi connectivity index (χ2n) is 1.75. The first-order valence-electron chi connectivity index (χ1n) is 2.49. The lowest BCUT2D eigenvalue weighted by atomic mass is 10.6. The number of nitrogens with zero attached hydrogens (tertiary/aromatic N) is 2. The lowest BCUT2D eigenvalue weighted by Gasteiger charge is -1.95. The van der Waals surface area contributed by atoms with Gasteiger partial charge in [-0.2, -0.15) is 0 Å². The van der Waals surface area contributed by atoms with Crippen molar-refractivity contribution in [2.45, 2.75) is 0 Å². The SMILES string of the molecule is Cn1ccc(N)nc1=S. The van der Waals surface area contributed by atoms with Crippen LogP contribution in [-0.4, -0.2) is 9.55 Å². The fourth-order valence-corrected chi connectivity index (χ4v) is 0.645. The Kier molecular flexibility index (Phi) is 1.48. The van der Waals surface area contributed by atoms with E-state index in [1.54, 1.807) is 16.8 Å². The minimum Gasteiger partial charge on any atom is -0.384 e. The number of aryl methyl sites for hydroxylation is 1. The lowest BCUT2D eigenvalue weighted by molar-refractivity contribution is 0.847. The van der Waals surface area contributed by atoms with Gasteiger partial charge in [0.25, 0.3) is 0 Å². The van der Waals surface area contributed by atoms with E-state index < -0.39 is 0 Å². The Morgan fingerprint density at radius 2 is 2.44 bits per heavy atom. The third-order valence-electron chi connectivity index (χ3n) is 0.995. The largest absolute Gasteiger partial charge is 0.384 e. The van der Waals surface area contributed by atoms with Crippen molar-refractivity contribution in [1.82, 2.24) is 9.55 Å². The second-order valence-corrected chi connectivity index (χ2v) is 2.11. The molecule has 4 heteroatoms. The van der Waals surface area contributed by atoms with Gasteiger partial charge >= 0.3 is 0 Å². The highest BCUT2D eigenvalue weighted by atomic mass is 32.1. The zero-order valence-electron chi connectivity index (χ0n) is 5.03. The van der Waals surface area contributed by atoms with Crippen LogP contribution in [0, 0.1) is 4.77 Å². The monoisotopic (exact) mass is 141 g/mol. The summed E-state index contributed by atoms with van der Waals surface area (Å²) in [4.78, 5) is 3.83. The molecule has 0 aromatic carbocycles. The minimum absolute atomic E-state index is 0.470. The molecule has 0 bridgehead atoms. The van der Waals surface area contributed by atoms with Crippen LogP contribution in [0.1, 0.15) is 0 Å². The number of anilines is 1. The van der Waals surface area contributed by atoms with Crippen LogP contribution in [-0.2, 0) is 7.05 Å². The topological polar surface area (TPSA) is 43.8 Å². The highest BCUT2D eigenvalue weighted by Crippen LogP contribution is 1.93. The van der Waals surface area contributed by atoms with Crippen molar-refractivity contribution in [3.8, 4) is 0 Å². The van der Waals surface area contributed by atoms with E-state index >= 15 is 0 Å². The van der Waals surface area contributed by atoms with E-state index in [9.17, 15) is 0 Å². The summed E-state index contributed by atoms with van der Waals surface area (Å²) in [5, 5.41) is 0. The smallest absolute Gasteiger partial charge is 0.201 e. The van der Waals surface area contributed by atoms with Gasteiger partial charge in [0, 0.05) is 13.2 Å². The van der Waals surface area contributed by atoms with E-state index in [1.165, 1.54) is 0 Å². The van der Waals surface area contributed by atoms with Crippen LogP contribution in [0.15, 0.2) is 12.3 Å². The van der Waals surface area contributed by atoms with Gasteiger partial charge in [0.15, 0.2) is 0 Å². The Hall–Kier alpha value is -0.900. The van der Waals surface area contributed by atoms with Crippen molar-refractivity contribution in [2.75, 3.05) is 5.73 Å². The molecule has 0 saturated carbocycles. The van der Waals surface area contributed by atoms with Crippen molar-refractivity contribution < 1.29 is 0 Å². The molecule has 0 spiro atoms. The number of hydrogen-bond donors (Lipinski definition) is 1. The summed E-state index contributed by atoms with van der Waals surface area (Å²) in [5.41, 5.74) is 5.34. The fourth-order valence-electron chi connectivity index (χ4n) is 0.479. The van der Waals surface area contributed by atoms with Gasteiger partial charge in [0.1, 0.15) is 5.82 Å². The highest BCUT2D eigenvalue weighted by Gasteiger charge is 1.85. The molecule has 2 N–H and O–H groups in total. The molecule has 0 radical (unpaired) electrons. The summed E-state index contributed by atoms with van der Waals surface area (Å²) in [5.74, 6) is 0.470. The van der Waals surface area contributed by atoms with E-state index in [-0.39, 0.29) is 0 Å². The average Bonchev–Trinajstić information content (AvgIpc) is 1.80. The molecule has 0 saturated heterocycles. The molecule has 3 nitrogen and oxygen atoms in total. The van der Waals surface area contributed by atoms with E-state index in [0.29, 0.717) is 10.6 Å². The van der Waals surface area contributed by atoms with Gasteiger partial charge in [0.05, 0.1) is 0 Å². The Balaban J connectivity index is 3.34. The first-order chi connectivity index (χ1) is 4.20. The van der Waals surface area contributed by atoms with Crippen molar-refractivity contribution in [3.05, 3.63) is 17.0 Å². The molecule has 0 atom stereocenters. The van der Waals surface area contributed by atoms with Crippen LogP contribution in [0.3, 0.4) is 0 Å². The Bertz CT molecular complexity index is 265. The standard InChI is InChI=1S/C5H7N3S/c1-8-3-2-4(6)7-5(8)9/h2-3H,1H3,(H2,6,7,9). The number of nitrogen functional groups attached to an aromatic ring is 1. The number of nitrogens with two attached hydrogens (primary N) is 1. The number of aromatic nitrogens is 2. The molecule has 0 aliphatic rings. The summed E-state index contributed by atoms with van der Waals surface area (Å²) in [6.45, 7) is 0. The van der Waals surface area contributed by atoms with Crippen LogP contribution >= 0.6 is 12.2 Å². The summed E-state index contributed by atoms with van der Waals surface area (Å²) in [6, 6.07) is 1.70. The van der Waals surface area contributed by atoms with Crippen molar-refractivity contribution >= 4 is 18.0 Å². The maximum Gasteiger partial charge on any atom is 0.201 e. The summed E-state index contributed by atoms with van der Waals surface area (Å²) >= 11 is 4.81. The molecule has 0 amide bonds. The van der Waals surface area contributed by atoms with Crippen molar-refractivity contribution in [1.29, 1.82) is 0 Å². The van der Waals surface area contributed by atoms with E-state index in [1.807, 2.05) is 7.05 Å². The quantitative estimate of drug-likeness (QED) is 0.542. The molecule has 9 heavy (non-hydrogen) atoms. The predicted octanol–water partition coefficient (Wildman–Crippen LogP) is 0.732. The molecule has 0 aliphatic heterocycles. The van der Waals surface area contributed by atoms with Gasteiger partial charge in [-0.3, -0.25) is 0 Å². The van der Waals surface area contributed by atoms with E-state index in [2.05, 4.69) is 4.98 Å². The predicted molar refractivity (Wildman–Crippen MR) is 38.5 cm³/mol. The maximum atomic E-state index is 5.34. The van der Waals surface area contributed by atoms with Crippen LogP contribution in [0.25, 0.3) is 0 Å². The molecule has 1 aromatic rings. The van der Waals surface area contributed by atoms with Gasteiger partial charge < -0.3 is 10.3 Å².